The molecule has 1 saturated heterocycles. The SMILES string of the molecule is C=CCN1C(=O)[C@H](CC(=O)Nc2ccc(OCC)cc2)SC1=Nc1c(C)cccc1C. The van der Waals surface area contributed by atoms with Crippen LogP contribution < -0.4 is 10.1 Å². The summed E-state index contributed by atoms with van der Waals surface area (Å²) in [6, 6.07) is 13.1. The van der Waals surface area contributed by atoms with E-state index in [1.54, 1.807) is 35.2 Å². The summed E-state index contributed by atoms with van der Waals surface area (Å²) in [5.41, 5.74) is 3.59. The molecule has 3 rings (SSSR count). The van der Waals surface area contributed by atoms with Gasteiger partial charge in [-0.1, -0.05) is 36.0 Å². The Morgan fingerprint density at radius 1 is 1.23 bits per heavy atom. The van der Waals surface area contributed by atoms with Crippen molar-refractivity contribution in [2.45, 2.75) is 32.4 Å². The number of hydrogen-bond donors (Lipinski definition) is 1. The van der Waals surface area contributed by atoms with E-state index >= 15 is 0 Å². The third-order valence-electron chi connectivity index (χ3n) is 4.80. The number of nitrogens with one attached hydrogen (secondary N) is 1. The van der Waals surface area contributed by atoms with Crippen LogP contribution in [0.25, 0.3) is 0 Å². The fourth-order valence-corrected chi connectivity index (χ4v) is 4.43. The average Bonchev–Trinajstić information content (AvgIpc) is 3.01. The molecule has 0 radical (unpaired) electrons. The molecule has 1 N–H and O–H groups in total. The molecule has 162 valence electrons. The molecule has 31 heavy (non-hydrogen) atoms. The monoisotopic (exact) mass is 437 g/mol. The van der Waals surface area contributed by atoms with E-state index in [1.807, 2.05) is 39.0 Å². The fourth-order valence-electron chi connectivity index (χ4n) is 3.28. The number of anilines is 1. The van der Waals surface area contributed by atoms with E-state index in [4.69, 9.17) is 9.73 Å². The first kappa shape index (κ1) is 22.6. The van der Waals surface area contributed by atoms with Crippen molar-refractivity contribution in [1.29, 1.82) is 0 Å². The summed E-state index contributed by atoms with van der Waals surface area (Å²) in [4.78, 5) is 31.9. The fraction of sp³-hybridized carbons (Fsp3) is 0.292. The Bertz CT molecular complexity index is 981. The molecule has 0 bridgehead atoms. The van der Waals surface area contributed by atoms with Crippen LogP contribution in [0.4, 0.5) is 11.4 Å². The third-order valence-corrected chi connectivity index (χ3v) is 5.97. The van der Waals surface area contributed by atoms with Crippen LogP contribution in [0.15, 0.2) is 60.1 Å². The molecule has 1 fully saturated rings. The number of amides is 2. The first-order valence-electron chi connectivity index (χ1n) is 10.2. The van der Waals surface area contributed by atoms with E-state index in [0.717, 1.165) is 22.6 Å². The van der Waals surface area contributed by atoms with Gasteiger partial charge in [-0.05, 0) is 56.2 Å². The number of carbonyl (C=O) groups excluding carboxylic acids is 2. The zero-order valence-electron chi connectivity index (χ0n) is 18.1. The van der Waals surface area contributed by atoms with Gasteiger partial charge in [-0.2, -0.15) is 0 Å². The summed E-state index contributed by atoms with van der Waals surface area (Å²) in [7, 11) is 0. The number of para-hydroxylation sites is 1. The summed E-state index contributed by atoms with van der Waals surface area (Å²) in [6.45, 7) is 10.6. The van der Waals surface area contributed by atoms with Crippen molar-refractivity contribution in [3.05, 3.63) is 66.2 Å². The predicted octanol–water partition coefficient (Wildman–Crippen LogP) is 4.85. The maximum absolute atomic E-state index is 13.0. The molecular formula is C24H27N3O3S. The van der Waals surface area contributed by atoms with Gasteiger partial charge in [0.15, 0.2) is 5.17 Å². The zero-order chi connectivity index (χ0) is 22.4. The van der Waals surface area contributed by atoms with Crippen molar-refractivity contribution in [3.8, 4) is 5.75 Å². The highest BCUT2D eigenvalue weighted by Crippen LogP contribution is 2.33. The normalized spacial score (nSPS) is 17.1. The van der Waals surface area contributed by atoms with Crippen LogP contribution in [0.3, 0.4) is 0 Å². The smallest absolute Gasteiger partial charge is 0.242 e. The molecule has 1 heterocycles. The largest absolute Gasteiger partial charge is 0.494 e. The summed E-state index contributed by atoms with van der Waals surface area (Å²) >= 11 is 1.32. The van der Waals surface area contributed by atoms with Gasteiger partial charge in [0, 0.05) is 18.7 Å². The van der Waals surface area contributed by atoms with Gasteiger partial charge in [-0.15, -0.1) is 6.58 Å². The Kier molecular flexibility index (Phi) is 7.52. The molecule has 0 aromatic heterocycles. The molecule has 0 aliphatic carbocycles. The number of thioether (sulfide) groups is 1. The summed E-state index contributed by atoms with van der Waals surface area (Å²) in [5, 5.41) is 2.93. The maximum atomic E-state index is 13.0. The van der Waals surface area contributed by atoms with Crippen LogP contribution in [0.5, 0.6) is 5.75 Å². The van der Waals surface area contributed by atoms with Crippen LogP contribution in [-0.4, -0.2) is 40.3 Å². The van der Waals surface area contributed by atoms with Crippen molar-refractivity contribution < 1.29 is 14.3 Å². The molecule has 0 unspecified atom stereocenters. The van der Waals surface area contributed by atoms with Crippen molar-refractivity contribution >= 4 is 40.1 Å². The number of benzene rings is 2. The molecular weight excluding hydrogens is 410 g/mol. The first-order chi connectivity index (χ1) is 14.9. The van der Waals surface area contributed by atoms with Crippen molar-refractivity contribution in [2.75, 3.05) is 18.5 Å². The Morgan fingerprint density at radius 3 is 2.52 bits per heavy atom. The highest BCUT2D eigenvalue weighted by molar-refractivity contribution is 8.15. The van der Waals surface area contributed by atoms with Crippen molar-refractivity contribution in [2.24, 2.45) is 4.99 Å². The van der Waals surface area contributed by atoms with Crippen molar-refractivity contribution in [1.82, 2.24) is 4.90 Å². The number of aryl methyl sites for hydroxylation is 2. The third kappa shape index (κ3) is 5.55. The highest BCUT2D eigenvalue weighted by atomic mass is 32.2. The molecule has 6 nitrogen and oxygen atoms in total. The molecule has 1 atom stereocenters. The van der Waals surface area contributed by atoms with Gasteiger partial charge < -0.3 is 10.1 Å². The molecule has 2 aromatic carbocycles. The van der Waals surface area contributed by atoms with Gasteiger partial charge >= 0.3 is 0 Å². The Balaban J connectivity index is 1.73. The second kappa shape index (κ2) is 10.3. The number of ether oxygens (including phenoxy) is 1. The number of carbonyl (C=O) groups is 2. The van der Waals surface area contributed by atoms with Crippen LogP contribution in [-0.2, 0) is 9.59 Å². The zero-order valence-corrected chi connectivity index (χ0v) is 18.9. The van der Waals surface area contributed by atoms with E-state index in [2.05, 4.69) is 11.9 Å². The number of aliphatic imine (C=N–C) groups is 1. The molecule has 0 saturated carbocycles. The van der Waals surface area contributed by atoms with Crippen LogP contribution in [0.2, 0.25) is 0 Å². The van der Waals surface area contributed by atoms with Crippen molar-refractivity contribution in [3.63, 3.8) is 0 Å². The molecule has 1 aliphatic rings. The lowest BCUT2D eigenvalue weighted by Crippen LogP contribution is -2.33. The lowest BCUT2D eigenvalue weighted by Gasteiger charge is -2.14. The second-order valence-electron chi connectivity index (χ2n) is 7.19. The molecule has 0 spiro atoms. The van der Waals surface area contributed by atoms with Gasteiger partial charge in [0.2, 0.25) is 11.8 Å². The van der Waals surface area contributed by atoms with E-state index < -0.39 is 5.25 Å². The van der Waals surface area contributed by atoms with Gasteiger partial charge in [0.05, 0.1) is 12.3 Å². The van der Waals surface area contributed by atoms with Gasteiger partial charge in [0.25, 0.3) is 0 Å². The van der Waals surface area contributed by atoms with E-state index in [1.165, 1.54) is 11.8 Å². The maximum Gasteiger partial charge on any atom is 0.242 e. The standard InChI is InChI=1S/C24H27N3O3S/c1-5-14-27-23(29)20(31-24(27)26-22-16(3)8-7-9-17(22)4)15-21(28)25-18-10-12-19(13-11-18)30-6-2/h5,7-13,20H,1,6,14-15H2,2-4H3,(H,25,28)/t20-/m0/s1. The Labute approximate surface area is 187 Å². The van der Waals surface area contributed by atoms with Gasteiger partial charge in [-0.3, -0.25) is 14.5 Å². The lowest BCUT2D eigenvalue weighted by molar-refractivity contribution is -0.127. The lowest BCUT2D eigenvalue weighted by atomic mass is 10.1. The summed E-state index contributed by atoms with van der Waals surface area (Å²) < 4.78 is 5.41. The molecule has 2 amide bonds. The second-order valence-corrected chi connectivity index (χ2v) is 8.36. The topological polar surface area (TPSA) is 71.0 Å². The number of nitrogens with zero attached hydrogens (tertiary/aromatic N) is 2. The summed E-state index contributed by atoms with van der Waals surface area (Å²) in [6.07, 6.45) is 1.73. The van der Waals surface area contributed by atoms with Crippen LogP contribution in [0, 0.1) is 13.8 Å². The average molecular weight is 438 g/mol. The van der Waals surface area contributed by atoms with Crippen LogP contribution in [0.1, 0.15) is 24.5 Å². The van der Waals surface area contributed by atoms with E-state index in [9.17, 15) is 9.59 Å². The Morgan fingerprint density at radius 2 is 1.90 bits per heavy atom. The quantitative estimate of drug-likeness (QED) is 0.600. The molecule has 7 heteroatoms. The molecule has 2 aromatic rings. The minimum absolute atomic E-state index is 0.0656. The van der Waals surface area contributed by atoms with E-state index in [-0.39, 0.29) is 18.2 Å². The highest BCUT2D eigenvalue weighted by Gasteiger charge is 2.38. The number of hydrogen-bond acceptors (Lipinski definition) is 5. The van der Waals surface area contributed by atoms with Gasteiger partial charge in [-0.25, -0.2) is 4.99 Å². The molecule has 1 aliphatic heterocycles. The number of rotatable bonds is 8. The summed E-state index contributed by atoms with van der Waals surface area (Å²) in [5.74, 6) is 0.396. The minimum atomic E-state index is -0.522. The predicted molar refractivity (Wildman–Crippen MR) is 127 cm³/mol. The Hall–Kier alpha value is -3.06. The number of amidine groups is 1. The first-order valence-corrected chi connectivity index (χ1v) is 11.1. The van der Waals surface area contributed by atoms with E-state index in [0.29, 0.717) is 24.0 Å². The van der Waals surface area contributed by atoms with Gasteiger partial charge in [0.1, 0.15) is 11.0 Å². The minimum Gasteiger partial charge on any atom is -0.494 e. The van der Waals surface area contributed by atoms with Crippen LogP contribution >= 0.6 is 11.8 Å².